The van der Waals surface area contributed by atoms with E-state index in [9.17, 15) is 9.59 Å². The van der Waals surface area contributed by atoms with Crippen molar-refractivity contribution in [3.8, 4) is 5.75 Å². The van der Waals surface area contributed by atoms with E-state index in [1.54, 1.807) is 19.3 Å². The van der Waals surface area contributed by atoms with Gasteiger partial charge in [0, 0.05) is 17.0 Å². The number of amides is 2. The Labute approximate surface area is 186 Å². The fourth-order valence-electron chi connectivity index (χ4n) is 2.96. The van der Waals surface area contributed by atoms with Crippen molar-refractivity contribution in [3.63, 3.8) is 0 Å². The van der Waals surface area contributed by atoms with Crippen molar-refractivity contribution < 1.29 is 14.3 Å². The van der Waals surface area contributed by atoms with E-state index in [0.717, 1.165) is 27.3 Å². The molecule has 0 bridgehead atoms. The summed E-state index contributed by atoms with van der Waals surface area (Å²) < 4.78 is 5.16. The minimum Gasteiger partial charge on any atom is -0.497 e. The molecular weight excluding hydrogens is 408 g/mol. The molecule has 160 valence electrons. The number of thiophene rings is 1. The lowest BCUT2D eigenvalue weighted by Gasteiger charge is -2.12. The topological polar surface area (TPSA) is 67.4 Å². The molecule has 0 atom stereocenters. The van der Waals surface area contributed by atoms with Crippen molar-refractivity contribution in [2.24, 2.45) is 0 Å². The van der Waals surface area contributed by atoms with Crippen molar-refractivity contribution >= 4 is 29.2 Å². The van der Waals surface area contributed by atoms with Crippen LogP contribution in [0.5, 0.6) is 5.75 Å². The van der Waals surface area contributed by atoms with E-state index in [2.05, 4.69) is 10.6 Å². The second kappa shape index (κ2) is 10.6. The number of hydrogen-bond acceptors (Lipinski definition) is 4. The molecule has 2 N–H and O–H groups in total. The highest BCUT2D eigenvalue weighted by Crippen LogP contribution is 2.15. The molecule has 0 radical (unpaired) electrons. The number of nitrogens with one attached hydrogen (secondary N) is 2. The molecule has 31 heavy (non-hydrogen) atoms. The van der Waals surface area contributed by atoms with Crippen LogP contribution < -0.4 is 15.4 Å². The molecule has 0 spiro atoms. The van der Waals surface area contributed by atoms with Gasteiger partial charge in [0.2, 0.25) is 0 Å². The standard InChI is InChI=1S/C25H26N2O3S/c1-17-6-9-20(15-18(17)2)24(28)27-23(16-22-5-4-14-31-22)25(29)26-13-12-19-7-10-21(30-3)11-8-19/h4-11,14-16H,12-13H2,1-3H3,(H,26,29)(H,27,28)/b23-16+. The molecule has 1 aromatic heterocycles. The van der Waals surface area contributed by atoms with E-state index in [4.69, 9.17) is 4.74 Å². The molecule has 0 saturated carbocycles. The van der Waals surface area contributed by atoms with Crippen LogP contribution in [-0.2, 0) is 11.2 Å². The molecule has 6 heteroatoms. The zero-order chi connectivity index (χ0) is 22.2. The normalized spacial score (nSPS) is 11.1. The lowest BCUT2D eigenvalue weighted by Crippen LogP contribution is -2.35. The SMILES string of the molecule is COc1ccc(CCNC(=O)/C(=C\c2cccs2)NC(=O)c2ccc(C)c(C)c2)cc1. The number of methoxy groups -OCH3 is 1. The van der Waals surface area contributed by atoms with Gasteiger partial charge in [0.15, 0.2) is 0 Å². The molecule has 0 saturated heterocycles. The molecule has 0 aliphatic rings. The molecule has 0 aliphatic heterocycles. The minimum atomic E-state index is -0.320. The molecule has 5 nitrogen and oxygen atoms in total. The highest BCUT2D eigenvalue weighted by molar-refractivity contribution is 7.10. The third-order valence-corrected chi connectivity index (χ3v) is 5.77. The largest absolute Gasteiger partial charge is 0.497 e. The van der Waals surface area contributed by atoms with Crippen LogP contribution in [0, 0.1) is 13.8 Å². The number of hydrogen-bond donors (Lipinski definition) is 2. The minimum absolute atomic E-state index is 0.223. The summed E-state index contributed by atoms with van der Waals surface area (Å²) in [6, 6.07) is 17.0. The Hall–Kier alpha value is -3.38. The number of rotatable bonds is 8. The van der Waals surface area contributed by atoms with Crippen molar-refractivity contribution in [2.75, 3.05) is 13.7 Å². The van der Waals surface area contributed by atoms with Gasteiger partial charge in [-0.3, -0.25) is 9.59 Å². The predicted molar refractivity (Wildman–Crippen MR) is 125 cm³/mol. The molecular formula is C25H26N2O3S. The Morgan fingerprint density at radius 3 is 2.45 bits per heavy atom. The van der Waals surface area contributed by atoms with Gasteiger partial charge in [-0.1, -0.05) is 24.3 Å². The Morgan fingerprint density at radius 2 is 1.81 bits per heavy atom. The lowest BCUT2D eigenvalue weighted by atomic mass is 10.1. The van der Waals surface area contributed by atoms with Crippen LogP contribution in [0.15, 0.2) is 65.7 Å². The first-order valence-electron chi connectivity index (χ1n) is 10.0. The summed E-state index contributed by atoms with van der Waals surface area (Å²) in [6.07, 6.45) is 2.37. The van der Waals surface area contributed by atoms with Crippen molar-refractivity contribution in [1.29, 1.82) is 0 Å². The maximum Gasteiger partial charge on any atom is 0.267 e. The lowest BCUT2D eigenvalue weighted by molar-refractivity contribution is -0.117. The van der Waals surface area contributed by atoms with E-state index in [1.807, 2.05) is 67.8 Å². The van der Waals surface area contributed by atoms with Crippen LogP contribution in [-0.4, -0.2) is 25.5 Å². The summed E-state index contributed by atoms with van der Waals surface area (Å²) in [6.45, 7) is 4.41. The molecule has 0 fully saturated rings. The van der Waals surface area contributed by atoms with Gasteiger partial charge >= 0.3 is 0 Å². The monoisotopic (exact) mass is 434 g/mol. The van der Waals surface area contributed by atoms with Gasteiger partial charge in [-0.05, 0) is 78.7 Å². The van der Waals surface area contributed by atoms with E-state index >= 15 is 0 Å². The van der Waals surface area contributed by atoms with E-state index in [0.29, 0.717) is 18.5 Å². The van der Waals surface area contributed by atoms with Crippen LogP contribution >= 0.6 is 11.3 Å². The zero-order valence-corrected chi connectivity index (χ0v) is 18.7. The number of benzene rings is 2. The van der Waals surface area contributed by atoms with Gasteiger partial charge in [0.1, 0.15) is 11.4 Å². The molecule has 2 aromatic carbocycles. The Balaban J connectivity index is 1.68. The average Bonchev–Trinajstić information content (AvgIpc) is 3.28. The summed E-state index contributed by atoms with van der Waals surface area (Å²) in [5, 5.41) is 7.61. The number of ether oxygens (including phenoxy) is 1. The van der Waals surface area contributed by atoms with Gasteiger partial charge in [-0.15, -0.1) is 11.3 Å². The Bertz CT molecular complexity index is 1070. The third-order valence-electron chi connectivity index (χ3n) is 4.95. The third kappa shape index (κ3) is 6.30. The molecule has 3 rings (SSSR count). The van der Waals surface area contributed by atoms with Crippen molar-refractivity contribution in [3.05, 3.63) is 92.8 Å². The van der Waals surface area contributed by atoms with Crippen LogP contribution in [0.4, 0.5) is 0 Å². The summed E-state index contributed by atoms with van der Waals surface area (Å²) >= 11 is 1.50. The average molecular weight is 435 g/mol. The van der Waals surface area contributed by atoms with Crippen LogP contribution in [0.3, 0.4) is 0 Å². The van der Waals surface area contributed by atoms with Crippen molar-refractivity contribution in [2.45, 2.75) is 20.3 Å². The summed E-state index contributed by atoms with van der Waals surface area (Å²) in [4.78, 5) is 26.5. The van der Waals surface area contributed by atoms with Crippen LogP contribution in [0.25, 0.3) is 6.08 Å². The van der Waals surface area contributed by atoms with Gasteiger partial charge in [0.25, 0.3) is 11.8 Å². The van der Waals surface area contributed by atoms with Gasteiger partial charge < -0.3 is 15.4 Å². The van der Waals surface area contributed by atoms with E-state index in [-0.39, 0.29) is 17.5 Å². The summed E-state index contributed by atoms with van der Waals surface area (Å²) in [5.41, 5.74) is 3.97. The fraction of sp³-hybridized carbons (Fsp3) is 0.200. The van der Waals surface area contributed by atoms with Crippen LogP contribution in [0.2, 0.25) is 0 Å². The molecule has 0 unspecified atom stereocenters. The summed E-state index contributed by atoms with van der Waals surface area (Å²) in [5.74, 6) is 0.165. The maximum absolute atomic E-state index is 12.8. The molecule has 1 heterocycles. The number of carbonyl (C=O) groups excluding carboxylic acids is 2. The first kappa shape index (κ1) is 22.3. The quantitative estimate of drug-likeness (QED) is 0.513. The molecule has 2 amide bonds. The number of carbonyl (C=O) groups is 2. The highest BCUT2D eigenvalue weighted by atomic mass is 32.1. The Morgan fingerprint density at radius 1 is 1.03 bits per heavy atom. The Kier molecular flexibility index (Phi) is 7.62. The molecule has 3 aromatic rings. The van der Waals surface area contributed by atoms with E-state index in [1.165, 1.54) is 11.3 Å². The van der Waals surface area contributed by atoms with Gasteiger partial charge in [0.05, 0.1) is 7.11 Å². The highest BCUT2D eigenvalue weighted by Gasteiger charge is 2.15. The fourth-order valence-corrected chi connectivity index (χ4v) is 3.62. The summed E-state index contributed by atoms with van der Waals surface area (Å²) in [7, 11) is 1.63. The predicted octanol–water partition coefficient (Wildman–Crippen LogP) is 4.50. The van der Waals surface area contributed by atoms with Gasteiger partial charge in [-0.25, -0.2) is 0 Å². The van der Waals surface area contributed by atoms with E-state index < -0.39 is 0 Å². The van der Waals surface area contributed by atoms with Crippen LogP contribution in [0.1, 0.15) is 31.9 Å². The second-order valence-corrected chi connectivity index (χ2v) is 8.16. The smallest absolute Gasteiger partial charge is 0.267 e. The van der Waals surface area contributed by atoms with Crippen molar-refractivity contribution in [1.82, 2.24) is 10.6 Å². The first-order chi connectivity index (χ1) is 15.0. The van der Waals surface area contributed by atoms with Gasteiger partial charge in [-0.2, -0.15) is 0 Å². The second-order valence-electron chi connectivity index (χ2n) is 7.18. The molecule has 0 aliphatic carbocycles. The first-order valence-corrected chi connectivity index (χ1v) is 10.9. The zero-order valence-electron chi connectivity index (χ0n) is 17.9. The number of aryl methyl sites for hydroxylation is 2. The maximum atomic E-state index is 12.8.